The summed E-state index contributed by atoms with van der Waals surface area (Å²) in [6.45, 7) is 11.0. The number of rotatable bonds is 7. The van der Waals surface area contributed by atoms with Gasteiger partial charge in [0.1, 0.15) is 38.3 Å². The first-order valence-electron chi connectivity index (χ1n) is 9.78. The number of nitrogens with one attached hydrogen (secondary N) is 2. The summed E-state index contributed by atoms with van der Waals surface area (Å²) in [6, 6.07) is 6.29. The van der Waals surface area contributed by atoms with Gasteiger partial charge in [-0.2, -0.15) is 5.26 Å². The highest BCUT2D eigenvalue weighted by Crippen LogP contribution is 2.29. The molecule has 2 rings (SSSR count). The van der Waals surface area contributed by atoms with Crippen LogP contribution in [-0.2, 0) is 11.3 Å². The number of ether oxygens (including phenoxy) is 2. The molecule has 0 radical (unpaired) electrons. The summed E-state index contributed by atoms with van der Waals surface area (Å²) >= 11 is 0. The third-order valence-electron chi connectivity index (χ3n) is 5.83. The summed E-state index contributed by atoms with van der Waals surface area (Å²) in [5.41, 5.74) is 1.70. The predicted octanol–water partition coefficient (Wildman–Crippen LogP) is -0.944. The predicted molar refractivity (Wildman–Crippen MR) is 107 cm³/mol. The molecule has 0 saturated carbocycles. The van der Waals surface area contributed by atoms with Gasteiger partial charge in [0.15, 0.2) is 18.0 Å². The van der Waals surface area contributed by atoms with Crippen molar-refractivity contribution in [3.63, 3.8) is 0 Å². The molecule has 7 heteroatoms. The first-order chi connectivity index (χ1) is 13.2. The van der Waals surface area contributed by atoms with Gasteiger partial charge in [-0.1, -0.05) is 0 Å². The summed E-state index contributed by atoms with van der Waals surface area (Å²) in [7, 11) is 5.03. The van der Waals surface area contributed by atoms with Crippen LogP contribution in [0.25, 0.3) is 0 Å². The standard InChI is InChI=1S/C21H32N4O3/c1-16-11-18(27-5)19(28-6)12-17(16)13-24-7-9-25(10-8-24)14-20(26)23(4)21(2,3)15-22/h11-12H,7-10,13-14H2,1-6H3/p+2. The van der Waals surface area contributed by atoms with Crippen molar-refractivity contribution < 1.29 is 24.1 Å². The summed E-state index contributed by atoms with van der Waals surface area (Å²) in [4.78, 5) is 16.8. The van der Waals surface area contributed by atoms with Crippen LogP contribution >= 0.6 is 0 Å². The van der Waals surface area contributed by atoms with Crippen molar-refractivity contribution >= 4 is 5.91 Å². The lowest BCUT2D eigenvalue weighted by Crippen LogP contribution is -3.28. The highest BCUT2D eigenvalue weighted by molar-refractivity contribution is 5.78. The van der Waals surface area contributed by atoms with Gasteiger partial charge in [-0.05, 0) is 38.5 Å². The third-order valence-corrected chi connectivity index (χ3v) is 5.83. The second-order valence-corrected chi connectivity index (χ2v) is 8.11. The van der Waals surface area contributed by atoms with Gasteiger partial charge >= 0.3 is 0 Å². The molecular weight excluding hydrogens is 356 g/mol. The number of piperazine rings is 1. The zero-order chi connectivity index (χ0) is 20.9. The SMILES string of the molecule is COc1cc(C)c(C[NH+]2CC[NH+](CC(=O)N(C)C(C)(C)C#N)CC2)cc1OC. The van der Waals surface area contributed by atoms with E-state index in [2.05, 4.69) is 19.1 Å². The van der Waals surface area contributed by atoms with Gasteiger partial charge in [-0.15, -0.1) is 0 Å². The number of carbonyl (C=O) groups is 1. The van der Waals surface area contributed by atoms with E-state index in [0.29, 0.717) is 6.54 Å². The maximum Gasteiger partial charge on any atom is 0.278 e. The summed E-state index contributed by atoms with van der Waals surface area (Å²) in [6.07, 6.45) is 0. The summed E-state index contributed by atoms with van der Waals surface area (Å²) in [5, 5.41) is 9.22. The van der Waals surface area contributed by atoms with Crippen LogP contribution in [0.3, 0.4) is 0 Å². The Hall–Kier alpha value is -2.30. The molecule has 0 bridgehead atoms. The molecule has 1 aliphatic heterocycles. The van der Waals surface area contributed by atoms with Crippen LogP contribution in [-0.4, -0.2) is 70.3 Å². The Morgan fingerprint density at radius 1 is 1.14 bits per heavy atom. The van der Waals surface area contributed by atoms with Crippen molar-refractivity contribution in [1.29, 1.82) is 5.26 Å². The Balaban J connectivity index is 1.91. The molecule has 1 aromatic rings. The number of benzene rings is 1. The number of quaternary nitrogens is 2. The van der Waals surface area contributed by atoms with Crippen molar-refractivity contribution in [2.45, 2.75) is 32.9 Å². The fourth-order valence-corrected chi connectivity index (χ4v) is 3.51. The van der Waals surface area contributed by atoms with Gasteiger partial charge in [-0.3, -0.25) is 4.79 Å². The van der Waals surface area contributed by atoms with E-state index in [0.717, 1.165) is 44.2 Å². The van der Waals surface area contributed by atoms with Crippen molar-refractivity contribution in [3.05, 3.63) is 23.3 Å². The number of aryl methyl sites for hydroxylation is 1. The Bertz CT molecular complexity index is 734. The van der Waals surface area contributed by atoms with E-state index in [1.807, 2.05) is 6.07 Å². The highest BCUT2D eigenvalue weighted by Gasteiger charge is 2.31. The molecule has 0 atom stereocenters. The Kier molecular flexibility index (Phi) is 7.28. The van der Waals surface area contributed by atoms with Crippen molar-refractivity contribution in [1.82, 2.24) is 4.90 Å². The molecule has 1 heterocycles. The second-order valence-electron chi connectivity index (χ2n) is 8.11. The zero-order valence-corrected chi connectivity index (χ0v) is 18.0. The van der Waals surface area contributed by atoms with Crippen molar-refractivity contribution in [3.8, 4) is 17.6 Å². The molecule has 7 nitrogen and oxygen atoms in total. The molecule has 1 aliphatic rings. The molecule has 1 aromatic carbocycles. The molecule has 1 saturated heterocycles. The molecule has 0 aliphatic carbocycles. The molecule has 0 spiro atoms. The van der Waals surface area contributed by atoms with Gasteiger partial charge in [0.25, 0.3) is 5.91 Å². The van der Waals surface area contributed by atoms with Crippen molar-refractivity contribution in [2.75, 3.05) is 54.0 Å². The molecule has 28 heavy (non-hydrogen) atoms. The molecule has 2 N–H and O–H groups in total. The maximum absolute atomic E-state index is 12.5. The minimum absolute atomic E-state index is 0.0285. The van der Waals surface area contributed by atoms with E-state index in [1.54, 1.807) is 40.0 Å². The fraction of sp³-hybridized carbons (Fsp3) is 0.619. The second kappa shape index (κ2) is 9.26. The van der Waals surface area contributed by atoms with E-state index in [1.165, 1.54) is 20.9 Å². The average Bonchev–Trinajstić information content (AvgIpc) is 2.69. The Morgan fingerprint density at radius 3 is 2.21 bits per heavy atom. The topological polar surface area (TPSA) is 71.4 Å². The monoisotopic (exact) mass is 390 g/mol. The average molecular weight is 391 g/mol. The van der Waals surface area contributed by atoms with Gasteiger partial charge < -0.3 is 24.2 Å². The maximum atomic E-state index is 12.5. The van der Waals surface area contributed by atoms with E-state index in [4.69, 9.17) is 9.47 Å². The molecule has 0 unspecified atom stereocenters. The van der Waals surface area contributed by atoms with Gasteiger partial charge in [0.05, 0.1) is 20.3 Å². The lowest BCUT2D eigenvalue weighted by atomic mass is 10.1. The highest BCUT2D eigenvalue weighted by atomic mass is 16.5. The molecule has 0 aromatic heterocycles. The molecule has 1 amide bonds. The fourth-order valence-electron chi connectivity index (χ4n) is 3.51. The van der Waals surface area contributed by atoms with Crippen LogP contribution in [0.2, 0.25) is 0 Å². The number of amides is 1. The molecular formula is C21H34N4O3+2. The number of nitrogens with zero attached hydrogens (tertiary/aromatic N) is 2. The molecule has 154 valence electrons. The zero-order valence-electron chi connectivity index (χ0n) is 18.0. The minimum atomic E-state index is -0.769. The number of nitriles is 1. The summed E-state index contributed by atoms with van der Waals surface area (Å²) < 4.78 is 10.8. The lowest BCUT2D eigenvalue weighted by molar-refractivity contribution is -1.02. The van der Waals surface area contributed by atoms with Crippen LogP contribution in [0.1, 0.15) is 25.0 Å². The Morgan fingerprint density at radius 2 is 1.68 bits per heavy atom. The van der Waals surface area contributed by atoms with Crippen LogP contribution in [0.4, 0.5) is 0 Å². The quantitative estimate of drug-likeness (QED) is 0.630. The van der Waals surface area contributed by atoms with Gasteiger partial charge in [0.2, 0.25) is 0 Å². The first kappa shape index (κ1) is 22.0. The lowest BCUT2D eigenvalue weighted by Gasteiger charge is -2.33. The minimum Gasteiger partial charge on any atom is -0.493 e. The number of hydrogen-bond donors (Lipinski definition) is 2. The normalized spacial score (nSPS) is 19.6. The van der Waals surface area contributed by atoms with Crippen LogP contribution in [0.15, 0.2) is 12.1 Å². The number of likely N-dealkylation sites (N-methyl/N-ethyl adjacent to an activating group) is 1. The largest absolute Gasteiger partial charge is 0.493 e. The van der Waals surface area contributed by atoms with Crippen LogP contribution < -0.4 is 19.3 Å². The Labute approximate surface area is 168 Å². The number of methoxy groups -OCH3 is 2. The van der Waals surface area contributed by atoms with Crippen LogP contribution in [0, 0.1) is 18.3 Å². The molecule has 1 fully saturated rings. The van der Waals surface area contributed by atoms with E-state index in [-0.39, 0.29) is 5.91 Å². The smallest absolute Gasteiger partial charge is 0.278 e. The van der Waals surface area contributed by atoms with E-state index in [9.17, 15) is 10.1 Å². The van der Waals surface area contributed by atoms with Gasteiger partial charge in [0, 0.05) is 12.6 Å². The van der Waals surface area contributed by atoms with E-state index < -0.39 is 5.54 Å². The number of carbonyl (C=O) groups excluding carboxylic acids is 1. The van der Waals surface area contributed by atoms with Crippen molar-refractivity contribution in [2.24, 2.45) is 0 Å². The van der Waals surface area contributed by atoms with Gasteiger partial charge in [-0.25, -0.2) is 0 Å². The third kappa shape index (κ3) is 5.15. The summed E-state index contributed by atoms with van der Waals surface area (Å²) in [5.74, 6) is 1.55. The number of hydrogen-bond acceptors (Lipinski definition) is 4. The van der Waals surface area contributed by atoms with Crippen LogP contribution in [0.5, 0.6) is 11.5 Å². The first-order valence-corrected chi connectivity index (χ1v) is 9.78. The van der Waals surface area contributed by atoms with E-state index >= 15 is 0 Å².